The molecule has 4 aromatic rings. The first-order valence-corrected chi connectivity index (χ1v) is 11.7. The average molecular weight is 449 g/mol. The highest BCUT2D eigenvalue weighted by Gasteiger charge is 2.08. The number of para-hydroxylation sites is 2. The quantitative estimate of drug-likeness (QED) is 0.273. The summed E-state index contributed by atoms with van der Waals surface area (Å²) < 4.78 is 13.1. The molecule has 0 spiro atoms. The molecular weight excluding hydrogens is 424 g/mol. The molecule has 0 bridgehead atoms. The van der Waals surface area contributed by atoms with E-state index in [1.807, 2.05) is 36.4 Å². The Morgan fingerprint density at radius 2 is 1.72 bits per heavy atom. The molecular formula is C22H25ClN2O2S2. The standard InChI is InChI=1S/C14H19NOS.C8H6ClNOS/c1-3-4-5-8-11(2)16-14-15-12-9-6-7-10-13(12)17-14;1-11-8-10-7-5(9)3-2-4-6(7)12-8/h6-7,9-11H,3-5,8H2,1-2H3;2-4H,1H3. The van der Waals surface area contributed by atoms with E-state index < -0.39 is 0 Å². The first-order valence-electron chi connectivity index (χ1n) is 9.72. The fourth-order valence-electron chi connectivity index (χ4n) is 2.80. The summed E-state index contributed by atoms with van der Waals surface area (Å²) in [6, 6.07) is 13.9. The molecule has 0 amide bonds. The van der Waals surface area contributed by atoms with Crippen molar-refractivity contribution < 1.29 is 9.47 Å². The van der Waals surface area contributed by atoms with Crippen molar-refractivity contribution in [1.29, 1.82) is 0 Å². The van der Waals surface area contributed by atoms with Gasteiger partial charge in [0.05, 0.1) is 33.2 Å². The maximum absolute atomic E-state index is 5.92. The van der Waals surface area contributed by atoms with Crippen LogP contribution in [0.2, 0.25) is 5.02 Å². The Kier molecular flexibility index (Phi) is 8.09. The Bertz CT molecular complexity index is 1010. The van der Waals surface area contributed by atoms with E-state index in [1.54, 1.807) is 18.4 Å². The summed E-state index contributed by atoms with van der Waals surface area (Å²) in [4.78, 5) is 8.67. The Hall–Kier alpha value is -1.89. The zero-order valence-corrected chi connectivity index (χ0v) is 19.2. The van der Waals surface area contributed by atoms with Crippen LogP contribution in [0.4, 0.5) is 0 Å². The van der Waals surface area contributed by atoms with Gasteiger partial charge in [0.2, 0.25) is 0 Å². The van der Waals surface area contributed by atoms with Crippen molar-refractivity contribution in [2.24, 2.45) is 0 Å². The van der Waals surface area contributed by atoms with Gasteiger partial charge in [-0.15, -0.1) is 0 Å². The van der Waals surface area contributed by atoms with E-state index in [1.165, 1.54) is 35.3 Å². The molecule has 7 heteroatoms. The lowest BCUT2D eigenvalue weighted by atomic mass is 10.1. The zero-order valence-electron chi connectivity index (χ0n) is 16.9. The van der Waals surface area contributed by atoms with Crippen LogP contribution in [0.3, 0.4) is 0 Å². The molecule has 2 aromatic carbocycles. The summed E-state index contributed by atoms with van der Waals surface area (Å²) in [6.07, 6.45) is 5.16. The molecule has 0 fully saturated rings. The van der Waals surface area contributed by atoms with Crippen LogP contribution in [0.5, 0.6) is 10.4 Å². The molecule has 154 valence electrons. The molecule has 4 nitrogen and oxygen atoms in total. The fraction of sp³-hybridized carbons (Fsp3) is 0.364. The first kappa shape index (κ1) is 21.8. The highest BCUT2D eigenvalue weighted by Crippen LogP contribution is 2.31. The molecule has 0 radical (unpaired) electrons. The molecule has 2 heterocycles. The van der Waals surface area contributed by atoms with Gasteiger partial charge in [-0.1, -0.05) is 72.2 Å². The number of hydrogen-bond acceptors (Lipinski definition) is 6. The number of unbranched alkanes of at least 4 members (excludes halogenated alkanes) is 2. The lowest BCUT2D eigenvalue weighted by molar-refractivity contribution is 0.206. The summed E-state index contributed by atoms with van der Waals surface area (Å²) in [7, 11) is 1.60. The minimum absolute atomic E-state index is 0.266. The number of methoxy groups -OCH3 is 1. The van der Waals surface area contributed by atoms with Crippen molar-refractivity contribution in [3.8, 4) is 10.4 Å². The van der Waals surface area contributed by atoms with Gasteiger partial charge in [-0.2, -0.15) is 0 Å². The van der Waals surface area contributed by atoms with Crippen LogP contribution in [0.1, 0.15) is 39.5 Å². The molecule has 1 unspecified atom stereocenters. The number of ether oxygens (including phenoxy) is 2. The second-order valence-electron chi connectivity index (χ2n) is 6.64. The van der Waals surface area contributed by atoms with Gasteiger partial charge in [-0.05, 0) is 44.0 Å². The predicted molar refractivity (Wildman–Crippen MR) is 125 cm³/mol. The van der Waals surface area contributed by atoms with Crippen molar-refractivity contribution in [1.82, 2.24) is 9.97 Å². The van der Waals surface area contributed by atoms with Crippen molar-refractivity contribution in [2.45, 2.75) is 45.6 Å². The Morgan fingerprint density at radius 3 is 2.45 bits per heavy atom. The first-order chi connectivity index (χ1) is 14.1. The molecule has 0 saturated carbocycles. The number of fused-ring (bicyclic) bond motifs is 2. The van der Waals surface area contributed by atoms with E-state index in [2.05, 4.69) is 29.9 Å². The average Bonchev–Trinajstić information content (AvgIpc) is 3.32. The summed E-state index contributed by atoms with van der Waals surface area (Å²) in [6.45, 7) is 4.35. The molecule has 4 rings (SSSR count). The van der Waals surface area contributed by atoms with Gasteiger partial charge in [-0.25, -0.2) is 9.97 Å². The summed E-state index contributed by atoms with van der Waals surface area (Å²) in [5.41, 5.74) is 1.86. The summed E-state index contributed by atoms with van der Waals surface area (Å²) in [5, 5.41) is 2.13. The van der Waals surface area contributed by atoms with E-state index >= 15 is 0 Å². The SMILES string of the molecule is CCCCCC(C)Oc1nc2ccccc2s1.COc1nc2c(Cl)cccc2s1. The number of halogens is 1. The van der Waals surface area contributed by atoms with Gasteiger partial charge in [-0.3, -0.25) is 0 Å². The summed E-state index contributed by atoms with van der Waals surface area (Å²) >= 11 is 9.04. The van der Waals surface area contributed by atoms with E-state index in [-0.39, 0.29) is 6.10 Å². The van der Waals surface area contributed by atoms with Crippen LogP contribution in [0.15, 0.2) is 42.5 Å². The van der Waals surface area contributed by atoms with Gasteiger partial charge in [0.15, 0.2) is 0 Å². The second kappa shape index (κ2) is 10.8. The van der Waals surface area contributed by atoms with Crippen molar-refractivity contribution >= 4 is 54.7 Å². The highest BCUT2D eigenvalue weighted by molar-refractivity contribution is 7.20. The van der Waals surface area contributed by atoms with Crippen LogP contribution in [-0.2, 0) is 0 Å². The van der Waals surface area contributed by atoms with Crippen LogP contribution in [0, 0.1) is 0 Å². The number of thiazole rings is 2. The normalized spacial score (nSPS) is 11.9. The van der Waals surface area contributed by atoms with Crippen LogP contribution in [-0.4, -0.2) is 23.2 Å². The minimum atomic E-state index is 0.266. The minimum Gasteiger partial charge on any atom is -0.473 e. The smallest absolute Gasteiger partial charge is 0.274 e. The number of benzene rings is 2. The fourth-order valence-corrected chi connectivity index (χ4v) is 4.79. The maximum Gasteiger partial charge on any atom is 0.274 e. The van der Waals surface area contributed by atoms with E-state index in [0.717, 1.165) is 27.3 Å². The number of nitrogens with zero attached hydrogens (tertiary/aromatic N) is 2. The molecule has 0 N–H and O–H groups in total. The molecule has 0 aliphatic rings. The lowest BCUT2D eigenvalue weighted by Crippen LogP contribution is -2.11. The summed E-state index contributed by atoms with van der Waals surface area (Å²) in [5.74, 6) is 0. The predicted octanol–water partition coefficient (Wildman–Crippen LogP) is 7.60. The Labute approximate surface area is 184 Å². The van der Waals surface area contributed by atoms with Gasteiger partial charge in [0, 0.05) is 0 Å². The van der Waals surface area contributed by atoms with E-state index in [4.69, 9.17) is 21.1 Å². The third kappa shape index (κ3) is 6.04. The topological polar surface area (TPSA) is 44.2 Å². The number of aromatic nitrogens is 2. The second-order valence-corrected chi connectivity index (χ2v) is 9.04. The third-order valence-corrected chi connectivity index (χ3v) is 6.53. The maximum atomic E-state index is 5.92. The monoisotopic (exact) mass is 448 g/mol. The lowest BCUT2D eigenvalue weighted by Gasteiger charge is -2.11. The number of hydrogen-bond donors (Lipinski definition) is 0. The van der Waals surface area contributed by atoms with Crippen LogP contribution in [0.25, 0.3) is 20.4 Å². The van der Waals surface area contributed by atoms with Crippen molar-refractivity contribution in [3.05, 3.63) is 47.5 Å². The van der Waals surface area contributed by atoms with Gasteiger partial charge >= 0.3 is 0 Å². The number of rotatable bonds is 7. The molecule has 29 heavy (non-hydrogen) atoms. The van der Waals surface area contributed by atoms with Gasteiger partial charge in [0.1, 0.15) is 5.52 Å². The largest absolute Gasteiger partial charge is 0.473 e. The molecule has 0 aliphatic heterocycles. The molecule has 0 saturated heterocycles. The Balaban J connectivity index is 0.000000176. The molecule has 0 aliphatic carbocycles. The highest BCUT2D eigenvalue weighted by atomic mass is 35.5. The molecule has 2 aromatic heterocycles. The van der Waals surface area contributed by atoms with Gasteiger partial charge in [0.25, 0.3) is 10.4 Å². The molecule has 1 atom stereocenters. The van der Waals surface area contributed by atoms with Crippen LogP contribution < -0.4 is 9.47 Å². The third-order valence-electron chi connectivity index (χ3n) is 4.32. The van der Waals surface area contributed by atoms with Crippen LogP contribution >= 0.6 is 34.3 Å². The van der Waals surface area contributed by atoms with Gasteiger partial charge < -0.3 is 9.47 Å². The van der Waals surface area contributed by atoms with E-state index in [0.29, 0.717) is 10.2 Å². The van der Waals surface area contributed by atoms with Crippen molar-refractivity contribution in [3.63, 3.8) is 0 Å². The Morgan fingerprint density at radius 1 is 0.966 bits per heavy atom. The van der Waals surface area contributed by atoms with E-state index in [9.17, 15) is 0 Å². The van der Waals surface area contributed by atoms with Crippen molar-refractivity contribution in [2.75, 3.05) is 7.11 Å². The zero-order chi connectivity index (χ0) is 20.6.